The van der Waals surface area contributed by atoms with Gasteiger partial charge >= 0.3 is 6.36 Å². The molecule has 2 fully saturated rings. The standard InChI is InChI=1S/C29H29F3N6O2/c1-36-17-26(35-18-36)28(39)38(13-19-6-4-7-20(12-19)40-29(30,31)32)16-23-21-14-37(15-22(21)23)27(25-9-5-11-34-25)24-8-2-3-10-33-24/h2-12,17-18,21-23,27,34H,13-16H2,1H3. The maximum Gasteiger partial charge on any atom is 0.573 e. The highest BCUT2D eigenvalue weighted by Gasteiger charge is 2.57. The van der Waals surface area contributed by atoms with Crippen LogP contribution in [-0.4, -0.2) is 61.2 Å². The number of aryl methyl sites for hydroxylation is 1. The number of aromatic amines is 1. The van der Waals surface area contributed by atoms with Crippen molar-refractivity contribution in [1.82, 2.24) is 29.3 Å². The molecule has 3 unspecified atom stereocenters. The van der Waals surface area contributed by atoms with Crippen LogP contribution in [0.2, 0.25) is 0 Å². The first kappa shape index (κ1) is 26.1. The van der Waals surface area contributed by atoms with E-state index >= 15 is 0 Å². The molecule has 4 heterocycles. The lowest BCUT2D eigenvalue weighted by Crippen LogP contribution is -2.36. The van der Waals surface area contributed by atoms with Crippen molar-refractivity contribution in [2.24, 2.45) is 24.8 Å². The Morgan fingerprint density at radius 1 is 1.12 bits per heavy atom. The molecule has 1 N–H and O–H groups in total. The van der Waals surface area contributed by atoms with E-state index in [4.69, 9.17) is 0 Å². The van der Waals surface area contributed by atoms with Crippen molar-refractivity contribution in [2.45, 2.75) is 18.9 Å². The van der Waals surface area contributed by atoms with Gasteiger partial charge in [-0.05, 0) is 59.7 Å². The van der Waals surface area contributed by atoms with Crippen LogP contribution < -0.4 is 4.74 Å². The minimum Gasteiger partial charge on any atom is -0.406 e. The zero-order valence-electron chi connectivity index (χ0n) is 21.8. The minimum atomic E-state index is -4.79. The van der Waals surface area contributed by atoms with Gasteiger partial charge in [-0.3, -0.25) is 14.7 Å². The topological polar surface area (TPSA) is 79.3 Å². The van der Waals surface area contributed by atoms with Gasteiger partial charge in [0.2, 0.25) is 0 Å². The van der Waals surface area contributed by atoms with Gasteiger partial charge in [-0.2, -0.15) is 0 Å². The number of nitrogens with zero attached hydrogens (tertiary/aromatic N) is 5. The number of likely N-dealkylation sites (tertiary alicyclic amines) is 1. The second kappa shape index (κ2) is 10.5. The molecule has 0 radical (unpaired) electrons. The monoisotopic (exact) mass is 550 g/mol. The Hall–Kier alpha value is -4.12. The number of carbonyl (C=O) groups is 1. The summed E-state index contributed by atoms with van der Waals surface area (Å²) in [6, 6.07) is 15.8. The fourth-order valence-corrected chi connectivity index (χ4v) is 5.98. The fraction of sp³-hybridized carbons (Fsp3) is 0.345. The summed E-state index contributed by atoms with van der Waals surface area (Å²) in [5, 5.41) is 0. The number of amides is 1. The van der Waals surface area contributed by atoms with Gasteiger partial charge in [-0.25, -0.2) is 4.98 Å². The lowest BCUT2D eigenvalue weighted by atomic mass is 10.1. The van der Waals surface area contributed by atoms with Gasteiger partial charge < -0.3 is 19.2 Å². The number of benzene rings is 1. The second-order valence-corrected chi connectivity index (χ2v) is 10.5. The average Bonchev–Trinajstić information content (AvgIpc) is 3.43. The first-order chi connectivity index (χ1) is 19.2. The smallest absolute Gasteiger partial charge is 0.406 e. The summed E-state index contributed by atoms with van der Waals surface area (Å²) in [5.41, 5.74) is 2.93. The van der Waals surface area contributed by atoms with Crippen LogP contribution in [0, 0.1) is 17.8 Å². The van der Waals surface area contributed by atoms with Crippen molar-refractivity contribution >= 4 is 5.91 Å². The number of H-pyrrole nitrogens is 1. The van der Waals surface area contributed by atoms with Gasteiger partial charge in [-0.1, -0.05) is 18.2 Å². The summed E-state index contributed by atoms with van der Waals surface area (Å²) in [4.78, 5) is 29.8. The predicted molar refractivity (Wildman–Crippen MR) is 140 cm³/mol. The molecular formula is C29H29F3N6O2. The Balaban J connectivity index is 1.18. The third-order valence-electron chi connectivity index (χ3n) is 7.80. The van der Waals surface area contributed by atoms with Crippen LogP contribution in [-0.2, 0) is 13.6 Å². The average molecular weight is 551 g/mol. The highest BCUT2D eigenvalue weighted by molar-refractivity contribution is 5.92. The van der Waals surface area contributed by atoms with E-state index in [-0.39, 0.29) is 24.2 Å². The number of halogens is 3. The van der Waals surface area contributed by atoms with Crippen LogP contribution in [0.3, 0.4) is 0 Å². The van der Waals surface area contributed by atoms with Gasteiger partial charge in [0.25, 0.3) is 5.91 Å². The number of ether oxygens (including phenoxy) is 1. The third-order valence-corrected chi connectivity index (χ3v) is 7.80. The molecule has 0 bridgehead atoms. The first-order valence-electron chi connectivity index (χ1n) is 13.2. The van der Waals surface area contributed by atoms with E-state index in [1.165, 1.54) is 18.2 Å². The minimum absolute atomic E-state index is 0.0206. The highest BCUT2D eigenvalue weighted by atomic mass is 19.4. The molecule has 3 atom stereocenters. The third kappa shape index (κ3) is 5.60. The number of imidazole rings is 1. The fourth-order valence-electron chi connectivity index (χ4n) is 5.98. The molecular weight excluding hydrogens is 521 g/mol. The second-order valence-electron chi connectivity index (χ2n) is 10.5. The Bertz CT molecular complexity index is 1440. The Morgan fingerprint density at radius 2 is 1.95 bits per heavy atom. The van der Waals surface area contributed by atoms with Crippen LogP contribution >= 0.6 is 0 Å². The number of piperidine rings is 1. The summed E-state index contributed by atoms with van der Waals surface area (Å²) in [6.45, 7) is 2.40. The van der Waals surface area contributed by atoms with Crippen molar-refractivity contribution in [3.63, 3.8) is 0 Å². The molecule has 1 saturated carbocycles. The first-order valence-corrected chi connectivity index (χ1v) is 13.2. The summed E-state index contributed by atoms with van der Waals surface area (Å²) in [5.74, 6) is 0.577. The quantitative estimate of drug-likeness (QED) is 0.328. The van der Waals surface area contributed by atoms with E-state index in [9.17, 15) is 18.0 Å². The Kier molecular flexibility index (Phi) is 6.83. The van der Waals surface area contributed by atoms with Crippen LogP contribution in [0.25, 0.3) is 0 Å². The molecule has 1 aliphatic heterocycles. The van der Waals surface area contributed by atoms with Crippen LogP contribution in [0.1, 0.15) is 33.5 Å². The number of aromatic nitrogens is 4. The molecule has 2 aliphatic rings. The molecule has 8 nitrogen and oxygen atoms in total. The van der Waals surface area contributed by atoms with E-state index < -0.39 is 6.36 Å². The van der Waals surface area contributed by atoms with Gasteiger partial charge in [0.1, 0.15) is 11.4 Å². The zero-order valence-corrected chi connectivity index (χ0v) is 21.8. The molecule has 0 spiro atoms. The summed E-state index contributed by atoms with van der Waals surface area (Å²) >= 11 is 0. The summed E-state index contributed by atoms with van der Waals surface area (Å²) < 4.78 is 44.1. The van der Waals surface area contributed by atoms with Crippen LogP contribution in [0.5, 0.6) is 5.75 Å². The number of fused-ring (bicyclic) bond motifs is 1. The molecule has 1 aromatic carbocycles. The molecule has 6 rings (SSSR count). The summed E-state index contributed by atoms with van der Waals surface area (Å²) in [6.07, 6.45) is 2.15. The van der Waals surface area contributed by atoms with E-state index in [1.807, 2.05) is 30.5 Å². The number of hydrogen-bond donors (Lipinski definition) is 1. The number of rotatable bonds is 9. The van der Waals surface area contributed by atoms with Crippen molar-refractivity contribution in [3.8, 4) is 5.75 Å². The molecule has 4 aromatic rings. The number of hydrogen-bond acceptors (Lipinski definition) is 5. The Morgan fingerprint density at radius 3 is 2.60 bits per heavy atom. The van der Waals surface area contributed by atoms with Gasteiger partial charge in [0.15, 0.2) is 0 Å². The lowest BCUT2D eigenvalue weighted by Gasteiger charge is -2.30. The van der Waals surface area contributed by atoms with E-state index in [0.29, 0.717) is 35.6 Å². The van der Waals surface area contributed by atoms with E-state index in [2.05, 4.69) is 30.7 Å². The maximum atomic E-state index is 13.5. The molecule has 208 valence electrons. The molecule has 3 aromatic heterocycles. The van der Waals surface area contributed by atoms with E-state index in [0.717, 1.165) is 24.5 Å². The Labute approximate surface area is 229 Å². The van der Waals surface area contributed by atoms with Crippen molar-refractivity contribution in [1.29, 1.82) is 0 Å². The van der Waals surface area contributed by atoms with Crippen molar-refractivity contribution in [3.05, 3.63) is 102 Å². The SMILES string of the molecule is Cn1cnc(C(=O)N(Cc2cccc(OC(F)(F)F)c2)CC2C3CN(C(c4ccccn4)c4ccc[nH]4)CC23)c1. The normalized spacial score (nSPS) is 21.1. The number of alkyl halides is 3. The molecule has 11 heteroatoms. The highest BCUT2D eigenvalue weighted by Crippen LogP contribution is 2.54. The largest absolute Gasteiger partial charge is 0.573 e. The molecule has 1 saturated heterocycles. The van der Waals surface area contributed by atoms with Crippen LogP contribution in [0.15, 0.2) is 79.5 Å². The van der Waals surface area contributed by atoms with Crippen LogP contribution in [0.4, 0.5) is 13.2 Å². The molecule has 1 amide bonds. The number of carbonyl (C=O) groups excluding carboxylic acids is 1. The van der Waals surface area contributed by atoms with Gasteiger partial charge in [0.05, 0.1) is 18.1 Å². The molecule has 1 aliphatic carbocycles. The van der Waals surface area contributed by atoms with Crippen molar-refractivity contribution in [2.75, 3.05) is 19.6 Å². The van der Waals surface area contributed by atoms with Crippen molar-refractivity contribution < 1.29 is 22.7 Å². The van der Waals surface area contributed by atoms with Gasteiger partial charge in [0, 0.05) is 57.5 Å². The zero-order chi connectivity index (χ0) is 27.9. The number of nitrogens with one attached hydrogen (secondary N) is 1. The maximum absolute atomic E-state index is 13.5. The lowest BCUT2D eigenvalue weighted by molar-refractivity contribution is -0.274. The van der Waals surface area contributed by atoms with Gasteiger partial charge in [-0.15, -0.1) is 13.2 Å². The summed E-state index contributed by atoms with van der Waals surface area (Å²) in [7, 11) is 1.79. The van der Waals surface area contributed by atoms with E-state index in [1.54, 1.807) is 41.3 Å². The molecule has 40 heavy (non-hydrogen) atoms. The predicted octanol–water partition coefficient (Wildman–Crippen LogP) is 4.65. The number of pyridine rings is 1.